The Morgan fingerprint density at radius 3 is 2.55 bits per heavy atom. The quantitative estimate of drug-likeness (QED) is 0.790. The normalized spacial score (nSPS) is 20.8. The van der Waals surface area contributed by atoms with Gasteiger partial charge < -0.3 is 10.5 Å². The van der Waals surface area contributed by atoms with Gasteiger partial charge in [-0.05, 0) is 5.56 Å². The first-order valence-electron chi connectivity index (χ1n) is 6.67. The van der Waals surface area contributed by atoms with Crippen LogP contribution in [-0.2, 0) is 16.1 Å². The Morgan fingerprint density at radius 2 is 1.95 bits per heavy atom. The minimum absolute atomic E-state index is 0. The van der Waals surface area contributed by atoms with Gasteiger partial charge in [0, 0.05) is 26.1 Å². The summed E-state index contributed by atoms with van der Waals surface area (Å²) >= 11 is 0. The maximum atomic E-state index is 11.4. The van der Waals surface area contributed by atoms with Crippen LogP contribution in [0.25, 0.3) is 0 Å². The van der Waals surface area contributed by atoms with Gasteiger partial charge in [0.2, 0.25) is 0 Å². The fraction of sp³-hybridized carbons (Fsp3) is 0.500. The molecule has 128 valence electrons. The van der Waals surface area contributed by atoms with Crippen LogP contribution in [0, 0.1) is 0 Å². The van der Waals surface area contributed by atoms with Gasteiger partial charge in [-0.1, -0.05) is 37.3 Å². The summed E-state index contributed by atoms with van der Waals surface area (Å²) in [5.74, 6) is -0.227. The van der Waals surface area contributed by atoms with Crippen LogP contribution in [0.3, 0.4) is 0 Å². The zero-order valence-electron chi connectivity index (χ0n) is 12.4. The zero-order valence-corrected chi connectivity index (χ0v) is 14.9. The number of carbonyl (C=O) groups is 1. The van der Waals surface area contributed by atoms with Crippen LogP contribution in [0.2, 0.25) is 0 Å². The van der Waals surface area contributed by atoms with Crippen LogP contribution in [-0.4, -0.2) is 36.4 Å². The molecule has 1 unspecified atom stereocenters. The number of rotatable bonds is 4. The number of hydrogen-bond acceptors (Lipinski definition) is 5. The van der Waals surface area contributed by atoms with Crippen LogP contribution >= 0.6 is 37.2 Å². The fourth-order valence-corrected chi connectivity index (χ4v) is 2.15. The van der Waals surface area contributed by atoms with E-state index in [9.17, 15) is 4.79 Å². The SMILES string of the molecule is CCC(=O)OC1NCCN(Cc2ccccc2)[C@@H]1N.Cl.Cl.Cl. The molecule has 5 nitrogen and oxygen atoms in total. The largest absolute Gasteiger partial charge is 0.443 e. The van der Waals surface area contributed by atoms with Crippen molar-refractivity contribution in [2.45, 2.75) is 32.3 Å². The molecule has 3 N–H and O–H groups in total. The maximum Gasteiger partial charge on any atom is 0.307 e. The number of halogens is 3. The topological polar surface area (TPSA) is 67.6 Å². The summed E-state index contributed by atoms with van der Waals surface area (Å²) < 4.78 is 5.30. The van der Waals surface area contributed by atoms with E-state index < -0.39 is 6.23 Å². The first-order valence-corrected chi connectivity index (χ1v) is 6.67. The molecule has 8 heteroatoms. The average molecular weight is 373 g/mol. The second-order valence-electron chi connectivity index (χ2n) is 4.66. The monoisotopic (exact) mass is 371 g/mol. The summed E-state index contributed by atoms with van der Waals surface area (Å²) in [5, 5.41) is 3.14. The zero-order chi connectivity index (χ0) is 13.7. The summed E-state index contributed by atoms with van der Waals surface area (Å²) in [5.41, 5.74) is 7.37. The molecular formula is C14H24Cl3N3O2. The molecule has 1 aromatic carbocycles. The number of esters is 1. The van der Waals surface area contributed by atoms with E-state index in [-0.39, 0.29) is 49.4 Å². The van der Waals surface area contributed by atoms with E-state index in [4.69, 9.17) is 10.5 Å². The number of benzene rings is 1. The molecule has 1 saturated heterocycles. The lowest BCUT2D eigenvalue weighted by molar-refractivity contribution is -0.157. The van der Waals surface area contributed by atoms with Crippen LogP contribution in [0.1, 0.15) is 18.9 Å². The van der Waals surface area contributed by atoms with Crippen molar-refractivity contribution in [2.75, 3.05) is 13.1 Å². The number of nitrogens with two attached hydrogens (primary N) is 1. The van der Waals surface area contributed by atoms with Gasteiger partial charge in [0.15, 0.2) is 6.23 Å². The third-order valence-electron chi connectivity index (χ3n) is 3.25. The Bertz CT molecular complexity index is 423. The van der Waals surface area contributed by atoms with Crippen molar-refractivity contribution in [3.63, 3.8) is 0 Å². The highest BCUT2D eigenvalue weighted by Gasteiger charge is 2.30. The van der Waals surface area contributed by atoms with Gasteiger partial charge in [-0.3, -0.25) is 15.0 Å². The molecule has 2 rings (SSSR count). The van der Waals surface area contributed by atoms with Crippen LogP contribution < -0.4 is 11.1 Å². The van der Waals surface area contributed by atoms with Crippen molar-refractivity contribution in [2.24, 2.45) is 5.73 Å². The Kier molecular flexibility index (Phi) is 12.9. The van der Waals surface area contributed by atoms with Crippen molar-refractivity contribution in [3.8, 4) is 0 Å². The van der Waals surface area contributed by atoms with Crippen LogP contribution in [0.5, 0.6) is 0 Å². The highest BCUT2D eigenvalue weighted by Crippen LogP contribution is 2.12. The van der Waals surface area contributed by atoms with E-state index in [2.05, 4.69) is 22.3 Å². The number of carbonyl (C=O) groups excluding carboxylic acids is 1. The second-order valence-corrected chi connectivity index (χ2v) is 4.66. The lowest BCUT2D eigenvalue weighted by Gasteiger charge is -2.38. The van der Waals surface area contributed by atoms with Gasteiger partial charge in [0.25, 0.3) is 0 Å². The molecule has 0 radical (unpaired) electrons. The lowest BCUT2D eigenvalue weighted by Crippen LogP contribution is -2.62. The molecule has 0 bridgehead atoms. The van der Waals surface area contributed by atoms with E-state index in [1.54, 1.807) is 6.92 Å². The third-order valence-corrected chi connectivity index (χ3v) is 3.25. The Morgan fingerprint density at radius 1 is 1.32 bits per heavy atom. The van der Waals surface area contributed by atoms with Crippen LogP contribution in [0.4, 0.5) is 0 Å². The summed E-state index contributed by atoms with van der Waals surface area (Å²) in [7, 11) is 0. The predicted octanol–water partition coefficient (Wildman–Crippen LogP) is 1.92. The Labute approximate surface area is 150 Å². The highest BCUT2D eigenvalue weighted by molar-refractivity contribution is 5.86. The number of nitrogens with one attached hydrogen (secondary N) is 1. The molecular weight excluding hydrogens is 349 g/mol. The first kappa shape index (κ1) is 23.7. The van der Waals surface area contributed by atoms with Gasteiger partial charge >= 0.3 is 5.97 Å². The summed E-state index contributed by atoms with van der Waals surface area (Å²) in [6, 6.07) is 10.2. The predicted molar refractivity (Wildman–Crippen MR) is 94.7 cm³/mol. The molecule has 0 aromatic heterocycles. The summed E-state index contributed by atoms with van der Waals surface area (Å²) in [6.45, 7) is 4.15. The summed E-state index contributed by atoms with van der Waals surface area (Å²) in [6.07, 6.45) is -0.377. The minimum atomic E-state index is -0.426. The highest BCUT2D eigenvalue weighted by atomic mass is 35.5. The van der Waals surface area contributed by atoms with Crippen molar-refractivity contribution in [1.82, 2.24) is 10.2 Å². The molecule has 1 aliphatic rings. The van der Waals surface area contributed by atoms with Gasteiger partial charge in [0.05, 0.1) is 0 Å². The smallest absolute Gasteiger partial charge is 0.307 e. The van der Waals surface area contributed by atoms with Gasteiger partial charge in [-0.2, -0.15) is 0 Å². The van der Waals surface area contributed by atoms with Gasteiger partial charge in [-0.15, -0.1) is 37.2 Å². The van der Waals surface area contributed by atoms with E-state index in [0.717, 1.165) is 19.6 Å². The maximum absolute atomic E-state index is 11.4. The molecule has 0 saturated carbocycles. The molecule has 0 aliphatic carbocycles. The van der Waals surface area contributed by atoms with Crippen molar-refractivity contribution < 1.29 is 9.53 Å². The van der Waals surface area contributed by atoms with E-state index in [0.29, 0.717) is 6.42 Å². The van der Waals surface area contributed by atoms with Gasteiger partial charge in [0.1, 0.15) is 6.17 Å². The lowest BCUT2D eigenvalue weighted by atomic mass is 10.2. The molecule has 1 fully saturated rings. The molecule has 1 heterocycles. The fourth-order valence-electron chi connectivity index (χ4n) is 2.15. The number of nitrogens with zero attached hydrogens (tertiary/aromatic N) is 1. The molecule has 1 aliphatic heterocycles. The Hall–Kier alpha value is -0.560. The number of piperazine rings is 1. The van der Waals surface area contributed by atoms with E-state index in [1.807, 2.05) is 18.2 Å². The van der Waals surface area contributed by atoms with E-state index in [1.165, 1.54) is 5.56 Å². The Balaban J connectivity index is 0. The van der Waals surface area contributed by atoms with Gasteiger partial charge in [-0.25, -0.2) is 0 Å². The standard InChI is InChI=1S/C14H21N3O2.3ClH/c1-2-12(18)19-14-13(15)17(9-8-16-14)10-11-6-4-3-5-7-11;;;/h3-7,13-14,16H,2,8-10,15H2,1H3;3*1H/t13-,14?;;;/m0.../s1. The molecule has 2 atom stereocenters. The minimum Gasteiger partial charge on any atom is -0.443 e. The number of hydrogen-bond donors (Lipinski definition) is 2. The molecule has 0 amide bonds. The number of ether oxygens (including phenoxy) is 1. The van der Waals surface area contributed by atoms with E-state index >= 15 is 0 Å². The molecule has 1 aromatic rings. The van der Waals surface area contributed by atoms with Crippen LogP contribution in [0.15, 0.2) is 30.3 Å². The first-order chi connectivity index (χ1) is 9.20. The van der Waals surface area contributed by atoms with Crippen molar-refractivity contribution in [1.29, 1.82) is 0 Å². The molecule has 22 heavy (non-hydrogen) atoms. The van der Waals surface area contributed by atoms with Crippen molar-refractivity contribution >= 4 is 43.2 Å². The average Bonchev–Trinajstić information content (AvgIpc) is 2.44. The van der Waals surface area contributed by atoms with Crippen molar-refractivity contribution in [3.05, 3.63) is 35.9 Å². The third kappa shape index (κ3) is 6.69. The molecule has 0 spiro atoms. The summed E-state index contributed by atoms with van der Waals surface area (Å²) in [4.78, 5) is 13.5. The second kappa shape index (κ2) is 11.9.